The molecule has 0 unspecified atom stereocenters. The van der Waals surface area contributed by atoms with Gasteiger partial charge in [0.1, 0.15) is 12.4 Å². The summed E-state index contributed by atoms with van der Waals surface area (Å²) in [7, 11) is -2.00. The van der Waals surface area contributed by atoms with E-state index in [1.54, 1.807) is 6.20 Å². The number of aromatic nitrogens is 1. The molecule has 2 heterocycles. The van der Waals surface area contributed by atoms with Crippen molar-refractivity contribution in [2.24, 2.45) is 0 Å². The SMILES string of the molecule is CC(C)[Si](OCCOc1cc(C2=C(c3c[nH]c4ccccc34)C(=O)NC2=O)c2ccccc2c1)(C(C)C)C(C)C. The number of rotatable bonds is 10. The number of fused-ring (bicyclic) bond motifs is 2. The molecule has 6 nitrogen and oxygen atoms in total. The topological polar surface area (TPSA) is 80.4 Å². The van der Waals surface area contributed by atoms with Gasteiger partial charge in [-0.1, -0.05) is 84.0 Å². The largest absolute Gasteiger partial charge is 0.491 e. The number of imide groups is 1. The molecule has 0 spiro atoms. The van der Waals surface area contributed by atoms with E-state index in [9.17, 15) is 9.59 Å². The molecule has 0 atom stereocenters. The van der Waals surface area contributed by atoms with Gasteiger partial charge in [0.2, 0.25) is 0 Å². The minimum Gasteiger partial charge on any atom is -0.491 e. The van der Waals surface area contributed by atoms with Gasteiger partial charge in [0.25, 0.3) is 11.8 Å². The predicted molar refractivity (Wildman–Crippen MR) is 165 cm³/mol. The van der Waals surface area contributed by atoms with Crippen LogP contribution < -0.4 is 10.1 Å². The first-order valence-corrected chi connectivity index (χ1v) is 16.3. The maximum atomic E-state index is 13.3. The lowest BCUT2D eigenvalue weighted by atomic mass is 9.92. The van der Waals surface area contributed by atoms with Crippen LogP contribution in [0.15, 0.2) is 66.9 Å². The third-order valence-corrected chi connectivity index (χ3v) is 14.4. The number of para-hydroxylation sites is 1. The van der Waals surface area contributed by atoms with Crippen molar-refractivity contribution in [1.82, 2.24) is 10.3 Å². The van der Waals surface area contributed by atoms with Gasteiger partial charge < -0.3 is 14.1 Å². The molecule has 7 heteroatoms. The van der Waals surface area contributed by atoms with Crippen molar-refractivity contribution in [2.45, 2.75) is 58.2 Å². The quantitative estimate of drug-likeness (QED) is 0.121. The summed E-state index contributed by atoms with van der Waals surface area (Å²) in [6.07, 6.45) is 1.80. The van der Waals surface area contributed by atoms with E-state index in [4.69, 9.17) is 9.16 Å². The number of H-pyrrole nitrogens is 1. The molecule has 0 bridgehead atoms. The smallest absolute Gasteiger partial charge is 0.259 e. The molecule has 1 aliphatic rings. The summed E-state index contributed by atoms with van der Waals surface area (Å²) in [6.45, 7) is 14.5. The van der Waals surface area contributed by atoms with Crippen LogP contribution in [-0.4, -0.2) is 38.3 Å². The Balaban J connectivity index is 1.52. The summed E-state index contributed by atoms with van der Waals surface area (Å²) >= 11 is 0. The Morgan fingerprint density at radius 1 is 0.725 bits per heavy atom. The number of hydrogen-bond acceptors (Lipinski definition) is 4. The number of nitrogens with one attached hydrogen (secondary N) is 2. The molecule has 2 N–H and O–H groups in total. The van der Waals surface area contributed by atoms with Crippen LogP contribution in [0.1, 0.15) is 52.7 Å². The molecule has 5 rings (SSSR count). The van der Waals surface area contributed by atoms with Crippen LogP contribution in [0.3, 0.4) is 0 Å². The molecular formula is C33H38N2O4Si. The number of amides is 2. The maximum Gasteiger partial charge on any atom is 0.259 e. The van der Waals surface area contributed by atoms with Gasteiger partial charge in [0.15, 0.2) is 8.32 Å². The van der Waals surface area contributed by atoms with E-state index < -0.39 is 20.1 Å². The van der Waals surface area contributed by atoms with Crippen LogP contribution in [0.25, 0.3) is 32.8 Å². The lowest BCUT2D eigenvalue weighted by Gasteiger charge is -2.42. The second-order valence-corrected chi connectivity index (χ2v) is 16.9. The molecule has 208 valence electrons. The summed E-state index contributed by atoms with van der Waals surface area (Å²) in [5.74, 6) is -0.162. The zero-order valence-corrected chi connectivity index (χ0v) is 25.1. The van der Waals surface area contributed by atoms with Gasteiger partial charge in [-0.15, -0.1) is 0 Å². The number of carbonyl (C=O) groups is 2. The summed E-state index contributed by atoms with van der Waals surface area (Å²) in [4.78, 5) is 29.7. The second-order valence-electron chi connectivity index (χ2n) is 11.5. The third-order valence-electron chi connectivity index (χ3n) is 8.31. The predicted octanol–water partition coefficient (Wildman–Crippen LogP) is 7.46. The van der Waals surface area contributed by atoms with Crippen LogP contribution in [0.5, 0.6) is 5.75 Å². The van der Waals surface area contributed by atoms with E-state index in [1.807, 2.05) is 60.7 Å². The summed E-state index contributed by atoms with van der Waals surface area (Å²) in [5.41, 5.74) is 4.49. The van der Waals surface area contributed by atoms with Crippen LogP contribution in [0.2, 0.25) is 16.6 Å². The molecular weight excluding hydrogens is 516 g/mol. The zero-order chi connectivity index (χ0) is 28.6. The van der Waals surface area contributed by atoms with Gasteiger partial charge >= 0.3 is 0 Å². The van der Waals surface area contributed by atoms with Crippen molar-refractivity contribution in [3.8, 4) is 5.75 Å². The summed E-state index contributed by atoms with van der Waals surface area (Å²) < 4.78 is 12.9. The van der Waals surface area contributed by atoms with Crippen molar-refractivity contribution in [2.75, 3.05) is 13.2 Å². The molecule has 0 aliphatic carbocycles. The van der Waals surface area contributed by atoms with E-state index in [0.717, 1.165) is 21.7 Å². The lowest BCUT2D eigenvalue weighted by molar-refractivity contribution is -0.122. The first kappa shape index (κ1) is 27.9. The number of ether oxygens (including phenoxy) is 1. The number of hydrogen-bond donors (Lipinski definition) is 2. The van der Waals surface area contributed by atoms with E-state index in [1.165, 1.54) is 0 Å². The number of aromatic amines is 1. The van der Waals surface area contributed by atoms with Crippen LogP contribution >= 0.6 is 0 Å². The average Bonchev–Trinajstić information content (AvgIpc) is 3.46. The summed E-state index contributed by atoms with van der Waals surface area (Å²) in [5, 5.41) is 5.24. The highest BCUT2D eigenvalue weighted by Crippen LogP contribution is 2.42. The number of benzene rings is 3. The van der Waals surface area contributed by atoms with Gasteiger partial charge in [-0.25, -0.2) is 0 Å². The van der Waals surface area contributed by atoms with E-state index >= 15 is 0 Å². The Morgan fingerprint density at radius 3 is 2.00 bits per heavy atom. The Morgan fingerprint density at radius 2 is 1.32 bits per heavy atom. The molecule has 40 heavy (non-hydrogen) atoms. The molecule has 3 aromatic carbocycles. The lowest BCUT2D eigenvalue weighted by Crippen LogP contribution is -2.48. The van der Waals surface area contributed by atoms with Crippen molar-refractivity contribution < 1.29 is 18.8 Å². The van der Waals surface area contributed by atoms with Crippen molar-refractivity contribution in [1.29, 1.82) is 0 Å². The van der Waals surface area contributed by atoms with Gasteiger partial charge in [0, 0.05) is 22.7 Å². The molecule has 1 aromatic heterocycles. The Labute approximate surface area is 236 Å². The fourth-order valence-electron chi connectivity index (χ4n) is 6.70. The van der Waals surface area contributed by atoms with Gasteiger partial charge in [-0.2, -0.15) is 0 Å². The molecule has 0 fully saturated rings. The van der Waals surface area contributed by atoms with Crippen LogP contribution in [-0.2, 0) is 14.0 Å². The molecule has 0 radical (unpaired) electrons. The van der Waals surface area contributed by atoms with E-state index in [-0.39, 0.29) is 0 Å². The normalized spacial score (nSPS) is 14.4. The molecule has 1 aliphatic heterocycles. The highest BCUT2D eigenvalue weighted by Gasteiger charge is 2.45. The first-order chi connectivity index (χ1) is 19.1. The minimum absolute atomic E-state index is 0.360. The third kappa shape index (κ3) is 4.77. The molecule has 0 saturated carbocycles. The Kier molecular flexibility index (Phi) is 7.71. The molecule has 2 amide bonds. The minimum atomic E-state index is -2.00. The molecule has 0 saturated heterocycles. The number of carbonyl (C=O) groups excluding carboxylic acids is 2. The maximum absolute atomic E-state index is 13.3. The Hall–Kier alpha value is -3.68. The average molecular weight is 555 g/mol. The standard InChI is InChI=1S/C33H38N2O4Si/c1-20(2)40(21(3)4,22(5)6)39-16-15-38-24-17-23-11-7-8-12-25(23)27(18-24)30-31(33(37)35-32(30)36)28-19-34-29-14-10-9-13-26(28)29/h7-14,17-22,34H,15-16H2,1-6H3,(H,35,36,37). The van der Waals surface area contributed by atoms with E-state index in [0.29, 0.717) is 57.9 Å². The fourth-order valence-corrected chi connectivity index (χ4v) is 12.1. The van der Waals surface area contributed by atoms with Crippen molar-refractivity contribution in [3.05, 3.63) is 78.0 Å². The highest BCUT2D eigenvalue weighted by molar-refractivity contribution is 6.77. The highest BCUT2D eigenvalue weighted by atomic mass is 28.4. The van der Waals surface area contributed by atoms with Crippen molar-refractivity contribution >= 4 is 53.0 Å². The molecule has 4 aromatic rings. The second kappa shape index (κ2) is 11.1. The first-order valence-electron chi connectivity index (χ1n) is 14.1. The zero-order valence-electron chi connectivity index (χ0n) is 24.1. The van der Waals surface area contributed by atoms with E-state index in [2.05, 4.69) is 51.8 Å². The summed E-state index contributed by atoms with van der Waals surface area (Å²) in [6, 6.07) is 19.5. The van der Waals surface area contributed by atoms with Crippen LogP contribution in [0, 0.1) is 0 Å². The van der Waals surface area contributed by atoms with Gasteiger partial charge in [-0.05, 0) is 51.2 Å². The Bertz CT molecular complexity index is 1590. The monoisotopic (exact) mass is 554 g/mol. The van der Waals surface area contributed by atoms with Crippen LogP contribution in [0.4, 0.5) is 0 Å². The fraction of sp³-hybridized carbons (Fsp3) is 0.333. The van der Waals surface area contributed by atoms with Crippen molar-refractivity contribution in [3.63, 3.8) is 0 Å². The van der Waals surface area contributed by atoms with Gasteiger partial charge in [0.05, 0.1) is 17.8 Å². The van der Waals surface area contributed by atoms with Gasteiger partial charge in [-0.3, -0.25) is 14.9 Å².